The van der Waals surface area contributed by atoms with Crippen LogP contribution in [0.3, 0.4) is 0 Å². The Balaban J connectivity index is 1.75. The van der Waals surface area contributed by atoms with E-state index < -0.39 is 0 Å². The number of nitrogens with zero attached hydrogens (tertiary/aromatic N) is 2. The minimum absolute atomic E-state index is 0.0741. The third-order valence-corrected chi connectivity index (χ3v) is 5.85. The largest absolute Gasteiger partial charge is 0.379 e. The highest BCUT2D eigenvalue weighted by atomic mass is 16.5. The van der Waals surface area contributed by atoms with Gasteiger partial charge >= 0.3 is 0 Å². The summed E-state index contributed by atoms with van der Waals surface area (Å²) >= 11 is 0. The van der Waals surface area contributed by atoms with Crippen LogP contribution in [-0.4, -0.2) is 67.8 Å². The van der Waals surface area contributed by atoms with E-state index in [4.69, 9.17) is 4.74 Å². The number of nitrogens with one attached hydrogen (secondary N) is 1. The topological polar surface area (TPSA) is 27.7 Å². The van der Waals surface area contributed by atoms with E-state index in [1.54, 1.807) is 0 Å². The minimum atomic E-state index is 0.0741. The molecule has 0 radical (unpaired) electrons. The molecule has 1 N–H and O–H groups in total. The highest BCUT2D eigenvalue weighted by Crippen LogP contribution is 2.29. The maximum absolute atomic E-state index is 5.55. The molecule has 2 heterocycles. The molecular weight excluding hydrogens is 310 g/mol. The molecule has 1 atom stereocenters. The molecule has 0 aliphatic carbocycles. The van der Waals surface area contributed by atoms with E-state index in [2.05, 4.69) is 72.3 Å². The van der Waals surface area contributed by atoms with Gasteiger partial charge in [-0.15, -0.1) is 0 Å². The van der Waals surface area contributed by atoms with Crippen molar-refractivity contribution in [3.8, 4) is 0 Å². The molecule has 138 valence electrons. The standard InChI is InChI=1S/C21H33N3O/c1-4-19(21(2,3)24-12-14-25-15-13-24)17-23-11-10-22-16-20(23)18-8-6-5-7-9-18/h4-9,20,22H,10-17H2,1-3H3. The Morgan fingerprint density at radius 2 is 1.92 bits per heavy atom. The van der Waals surface area contributed by atoms with Gasteiger partial charge in [0, 0.05) is 50.8 Å². The zero-order valence-corrected chi connectivity index (χ0v) is 16.0. The van der Waals surface area contributed by atoms with Gasteiger partial charge in [0.1, 0.15) is 0 Å². The van der Waals surface area contributed by atoms with E-state index in [1.165, 1.54) is 11.1 Å². The van der Waals surface area contributed by atoms with Crippen molar-refractivity contribution in [1.29, 1.82) is 0 Å². The van der Waals surface area contributed by atoms with E-state index in [9.17, 15) is 0 Å². The highest BCUT2D eigenvalue weighted by molar-refractivity contribution is 5.24. The van der Waals surface area contributed by atoms with Crippen LogP contribution in [0.25, 0.3) is 0 Å². The Bertz CT molecular complexity index is 564. The molecule has 1 aromatic rings. The van der Waals surface area contributed by atoms with Crippen LogP contribution in [-0.2, 0) is 4.74 Å². The SMILES string of the molecule is CC=C(CN1CCNCC1c1ccccc1)C(C)(C)N1CCOCC1. The third kappa shape index (κ3) is 4.32. The van der Waals surface area contributed by atoms with Crippen molar-refractivity contribution in [2.75, 3.05) is 52.5 Å². The minimum Gasteiger partial charge on any atom is -0.379 e. The molecule has 2 saturated heterocycles. The van der Waals surface area contributed by atoms with Crippen LogP contribution in [0.15, 0.2) is 42.0 Å². The van der Waals surface area contributed by atoms with E-state index in [0.29, 0.717) is 6.04 Å². The first-order valence-electron chi connectivity index (χ1n) is 9.61. The van der Waals surface area contributed by atoms with Gasteiger partial charge in [-0.05, 0) is 31.9 Å². The summed E-state index contributed by atoms with van der Waals surface area (Å²) in [6, 6.07) is 11.4. The molecule has 3 rings (SSSR count). The first kappa shape index (κ1) is 18.6. The summed E-state index contributed by atoms with van der Waals surface area (Å²) in [5.41, 5.74) is 3.00. The maximum Gasteiger partial charge on any atom is 0.0594 e. The molecule has 2 aliphatic heterocycles. The van der Waals surface area contributed by atoms with Gasteiger partial charge in [0.15, 0.2) is 0 Å². The van der Waals surface area contributed by atoms with Crippen molar-refractivity contribution in [3.63, 3.8) is 0 Å². The van der Waals surface area contributed by atoms with Crippen LogP contribution in [0.1, 0.15) is 32.4 Å². The van der Waals surface area contributed by atoms with Gasteiger partial charge in [-0.25, -0.2) is 0 Å². The van der Waals surface area contributed by atoms with Gasteiger partial charge in [-0.3, -0.25) is 9.80 Å². The van der Waals surface area contributed by atoms with Crippen LogP contribution in [0, 0.1) is 0 Å². The number of benzene rings is 1. The lowest BCUT2D eigenvalue weighted by Crippen LogP contribution is -2.54. The normalized spacial score (nSPS) is 24.4. The average Bonchev–Trinajstić information content (AvgIpc) is 2.67. The van der Waals surface area contributed by atoms with E-state index in [-0.39, 0.29) is 5.54 Å². The summed E-state index contributed by atoms with van der Waals surface area (Å²) in [4.78, 5) is 5.22. The van der Waals surface area contributed by atoms with Gasteiger partial charge in [0.25, 0.3) is 0 Å². The molecule has 0 bridgehead atoms. The van der Waals surface area contributed by atoms with Gasteiger partial charge in [-0.1, -0.05) is 36.4 Å². The van der Waals surface area contributed by atoms with Crippen LogP contribution >= 0.6 is 0 Å². The van der Waals surface area contributed by atoms with Gasteiger partial charge in [0.05, 0.1) is 13.2 Å². The molecule has 0 saturated carbocycles. The number of piperazine rings is 1. The number of rotatable bonds is 5. The quantitative estimate of drug-likeness (QED) is 0.832. The van der Waals surface area contributed by atoms with Gasteiger partial charge < -0.3 is 10.1 Å². The van der Waals surface area contributed by atoms with Crippen molar-refractivity contribution in [1.82, 2.24) is 15.1 Å². The fourth-order valence-corrected chi connectivity index (χ4v) is 4.12. The Kier molecular flexibility index (Phi) is 6.29. The smallest absolute Gasteiger partial charge is 0.0594 e. The second-order valence-corrected chi connectivity index (χ2v) is 7.57. The highest BCUT2D eigenvalue weighted by Gasteiger charge is 2.34. The summed E-state index contributed by atoms with van der Waals surface area (Å²) in [5.74, 6) is 0. The molecule has 25 heavy (non-hydrogen) atoms. The molecule has 1 unspecified atom stereocenters. The molecule has 1 aromatic carbocycles. The van der Waals surface area contributed by atoms with Crippen molar-refractivity contribution in [2.45, 2.75) is 32.4 Å². The molecule has 0 spiro atoms. The number of hydrogen-bond acceptors (Lipinski definition) is 4. The molecule has 0 amide bonds. The zero-order valence-electron chi connectivity index (χ0n) is 16.0. The van der Waals surface area contributed by atoms with Crippen molar-refractivity contribution >= 4 is 0 Å². The number of hydrogen-bond donors (Lipinski definition) is 1. The van der Waals surface area contributed by atoms with E-state index >= 15 is 0 Å². The monoisotopic (exact) mass is 343 g/mol. The number of allylic oxidation sites excluding steroid dienone is 1. The van der Waals surface area contributed by atoms with Crippen molar-refractivity contribution in [2.24, 2.45) is 0 Å². The van der Waals surface area contributed by atoms with Crippen LogP contribution in [0.5, 0.6) is 0 Å². The van der Waals surface area contributed by atoms with Gasteiger partial charge in [0.2, 0.25) is 0 Å². The maximum atomic E-state index is 5.55. The van der Waals surface area contributed by atoms with Crippen molar-refractivity contribution < 1.29 is 4.74 Å². The molecular formula is C21H33N3O. The molecule has 0 aromatic heterocycles. The Morgan fingerprint density at radius 3 is 2.60 bits per heavy atom. The molecule has 2 aliphatic rings. The summed E-state index contributed by atoms with van der Waals surface area (Å²) in [5, 5.41) is 3.57. The predicted molar refractivity (Wildman–Crippen MR) is 104 cm³/mol. The Hall–Kier alpha value is -1.20. The van der Waals surface area contributed by atoms with E-state index in [1.807, 2.05) is 0 Å². The fraction of sp³-hybridized carbons (Fsp3) is 0.619. The Labute approximate surface area is 152 Å². The Morgan fingerprint density at radius 1 is 1.20 bits per heavy atom. The number of ether oxygens (including phenoxy) is 1. The molecule has 4 nitrogen and oxygen atoms in total. The second-order valence-electron chi connectivity index (χ2n) is 7.57. The van der Waals surface area contributed by atoms with Crippen LogP contribution in [0.4, 0.5) is 0 Å². The summed E-state index contributed by atoms with van der Waals surface area (Å²) in [6.07, 6.45) is 2.33. The van der Waals surface area contributed by atoms with Gasteiger partial charge in [-0.2, -0.15) is 0 Å². The van der Waals surface area contributed by atoms with Crippen LogP contribution in [0.2, 0.25) is 0 Å². The fourth-order valence-electron chi connectivity index (χ4n) is 4.12. The third-order valence-electron chi connectivity index (χ3n) is 5.85. The lowest BCUT2D eigenvalue weighted by molar-refractivity contribution is -0.00134. The number of morpholine rings is 1. The van der Waals surface area contributed by atoms with Crippen LogP contribution < -0.4 is 5.32 Å². The predicted octanol–water partition coefficient (Wildman–Crippen LogP) is 2.69. The van der Waals surface area contributed by atoms with E-state index in [0.717, 1.165) is 52.5 Å². The first-order valence-corrected chi connectivity index (χ1v) is 9.61. The lowest BCUT2D eigenvalue weighted by atomic mass is 9.89. The lowest BCUT2D eigenvalue weighted by Gasteiger charge is -2.45. The first-order chi connectivity index (χ1) is 12.1. The molecule has 4 heteroatoms. The zero-order chi connectivity index (χ0) is 17.7. The summed E-state index contributed by atoms with van der Waals surface area (Å²) in [6.45, 7) is 14.9. The summed E-state index contributed by atoms with van der Waals surface area (Å²) < 4.78 is 5.55. The second kappa shape index (κ2) is 8.45. The summed E-state index contributed by atoms with van der Waals surface area (Å²) in [7, 11) is 0. The van der Waals surface area contributed by atoms with Crippen molar-refractivity contribution in [3.05, 3.63) is 47.5 Å². The average molecular weight is 344 g/mol. The molecule has 2 fully saturated rings.